The number of fused-ring (bicyclic) bond motifs is 2. The molecule has 0 aliphatic heterocycles. The highest BCUT2D eigenvalue weighted by Crippen LogP contribution is 2.25. The van der Waals surface area contributed by atoms with Gasteiger partial charge in [-0.3, -0.25) is 0 Å². The standard InChI is InChI=1S/C20H21N5O/c1-13(2)11-22-18-7-8-19-23-12-17(25(19)24-18)20(26)15-5-6-16-14(10-15)4-3-9-21-16/h3-10,12-13,20,26H,11H2,1-2H3,(H,22,24)/p+1. The molecule has 0 fully saturated rings. The summed E-state index contributed by atoms with van der Waals surface area (Å²) in [7, 11) is 0. The van der Waals surface area contributed by atoms with E-state index in [2.05, 4.69) is 34.2 Å². The predicted octanol–water partition coefficient (Wildman–Crippen LogP) is 2.85. The van der Waals surface area contributed by atoms with E-state index in [9.17, 15) is 5.11 Å². The van der Waals surface area contributed by atoms with Gasteiger partial charge in [0.25, 0.3) is 0 Å². The fourth-order valence-electron chi connectivity index (χ4n) is 2.96. The van der Waals surface area contributed by atoms with E-state index in [1.807, 2.05) is 48.7 Å². The maximum Gasteiger partial charge on any atom is 0.210 e. The first-order valence-corrected chi connectivity index (χ1v) is 8.79. The fourth-order valence-corrected chi connectivity index (χ4v) is 2.96. The van der Waals surface area contributed by atoms with Crippen molar-refractivity contribution in [3.8, 4) is 0 Å². The number of anilines is 1. The normalized spacial score (nSPS) is 12.8. The highest BCUT2D eigenvalue weighted by atomic mass is 16.3. The highest BCUT2D eigenvalue weighted by molar-refractivity contribution is 5.76. The molecule has 1 unspecified atom stereocenters. The summed E-state index contributed by atoms with van der Waals surface area (Å²) in [6.07, 6.45) is 2.77. The Morgan fingerprint density at radius 3 is 2.92 bits per heavy atom. The molecule has 0 aliphatic rings. The van der Waals surface area contributed by atoms with Crippen LogP contribution < -0.4 is 10.3 Å². The molecule has 4 rings (SSSR count). The van der Waals surface area contributed by atoms with Crippen LogP contribution in [0.25, 0.3) is 16.6 Å². The number of imidazole rings is 1. The number of H-pyrrole nitrogens is 1. The van der Waals surface area contributed by atoms with Gasteiger partial charge in [-0.25, -0.2) is 14.5 Å². The average Bonchev–Trinajstić information content (AvgIpc) is 3.08. The number of aliphatic hydroxyl groups excluding tert-OH is 1. The van der Waals surface area contributed by atoms with Gasteiger partial charge in [0.05, 0.1) is 11.9 Å². The van der Waals surface area contributed by atoms with Gasteiger partial charge in [0.2, 0.25) is 5.52 Å². The molecule has 0 saturated heterocycles. The van der Waals surface area contributed by atoms with Gasteiger partial charge in [0.1, 0.15) is 11.9 Å². The number of hydrogen-bond donors (Lipinski definition) is 2. The molecule has 6 heteroatoms. The van der Waals surface area contributed by atoms with E-state index in [1.165, 1.54) is 0 Å². The van der Waals surface area contributed by atoms with Crippen LogP contribution in [0.2, 0.25) is 0 Å². The molecule has 0 saturated carbocycles. The third-order valence-electron chi connectivity index (χ3n) is 4.36. The molecule has 1 atom stereocenters. The molecule has 1 aromatic carbocycles. The summed E-state index contributed by atoms with van der Waals surface area (Å²) in [4.78, 5) is 7.56. The van der Waals surface area contributed by atoms with E-state index in [0.717, 1.165) is 28.8 Å². The molecule has 3 aromatic heterocycles. The van der Waals surface area contributed by atoms with Crippen molar-refractivity contribution in [2.75, 3.05) is 11.9 Å². The number of aliphatic hydroxyl groups is 1. The number of rotatable bonds is 5. The van der Waals surface area contributed by atoms with E-state index in [1.54, 1.807) is 10.7 Å². The van der Waals surface area contributed by atoms with Gasteiger partial charge in [0.15, 0.2) is 11.8 Å². The van der Waals surface area contributed by atoms with Gasteiger partial charge in [0, 0.05) is 24.1 Å². The number of aromatic nitrogens is 4. The molecule has 0 amide bonds. The first-order valence-electron chi connectivity index (χ1n) is 8.79. The predicted molar refractivity (Wildman–Crippen MR) is 101 cm³/mol. The molecule has 4 aromatic rings. The Kier molecular flexibility index (Phi) is 4.26. The molecule has 132 valence electrons. The van der Waals surface area contributed by atoms with Gasteiger partial charge >= 0.3 is 0 Å². The lowest BCUT2D eigenvalue weighted by Crippen LogP contribution is -2.12. The Morgan fingerprint density at radius 2 is 2.08 bits per heavy atom. The van der Waals surface area contributed by atoms with Crippen LogP contribution in [0.4, 0.5) is 5.82 Å². The number of pyridine rings is 1. The summed E-state index contributed by atoms with van der Waals surface area (Å²) in [5, 5.41) is 19.9. The van der Waals surface area contributed by atoms with Crippen LogP contribution in [0.1, 0.15) is 31.2 Å². The molecule has 0 aliphatic carbocycles. The SMILES string of the molecule is CC(C)CNc1ccc2ncc(C(O)c3ccc4[nH+]cccc4c3)n2n1. The van der Waals surface area contributed by atoms with Gasteiger partial charge in [-0.1, -0.05) is 13.8 Å². The summed E-state index contributed by atoms with van der Waals surface area (Å²) in [5.74, 6) is 1.29. The maximum absolute atomic E-state index is 10.9. The lowest BCUT2D eigenvalue weighted by atomic mass is 10.0. The molecule has 0 spiro atoms. The van der Waals surface area contributed by atoms with Crippen molar-refractivity contribution in [2.45, 2.75) is 20.0 Å². The van der Waals surface area contributed by atoms with Crippen molar-refractivity contribution >= 4 is 22.4 Å². The second-order valence-corrected chi connectivity index (χ2v) is 6.87. The van der Waals surface area contributed by atoms with Crippen LogP contribution in [-0.2, 0) is 0 Å². The van der Waals surface area contributed by atoms with E-state index in [0.29, 0.717) is 17.3 Å². The average molecular weight is 348 g/mol. The molecule has 6 nitrogen and oxygen atoms in total. The number of nitrogens with one attached hydrogen (secondary N) is 2. The van der Waals surface area contributed by atoms with Crippen molar-refractivity contribution < 1.29 is 10.1 Å². The number of hydrogen-bond acceptors (Lipinski definition) is 4. The lowest BCUT2D eigenvalue weighted by molar-refractivity contribution is -0.344. The third kappa shape index (κ3) is 3.11. The molecule has 3 heterocycles. The number of benzene rings is 1. The summed E-state index contributed by atoms with van der Waals surface area (Å²) in [5.41, 5.74) is 3.19. The van der Waals surface area contributed by atoms with Gasteiger partial charge in [-0.15, -0.1) is 5.10 Å². The maximum atomic E-state index is 10.9. The number of nitrogens with zero attached hydrogens (tertiary/aromatic N) is 3. The van der Waals surface area contributed by atoms with E-state index in [4.69, 9.17) is 0 Å². The Hall–Kier alpha value is -2.99. The fraction of sp³-hybridized carbons (Fsp3) is 0.250. The van der Waals surface area contributed by atoms with E-state index < -0.39 is 6.10 Å². The molecule has 3 N–H and O–H groups in total. The molecular formula is C20H22N5O+. The van der Waals surface area contributed by atoms with E-state index in [-0.39, 0.29) is 0 Å². The number of aromatic amines is 1. The zero-order chi connectivity index (χ0) is 18.1. The highest BCUT2D eigenvalue weighted by Gasteiger charge is 2.18. The summed E-state index contributed by atoms with van der Waals surface area (Å²) < 4.78 is 1.70. The Bertz CT molecular complexity index is 1060. The second kappa shape index (κ2) is 6.72. The van der Waals surface area contributed by atoms with E-state index >= 15 is 0 Å². The van der Waals surface area contributed by atoms with Gasteiger partial charge in [-0.05, 0) is 41.8 Å². The molecule has 26 heavy (non-hydrogen) atoms. The summed E-state index contributed by atoms with van der Waals surface area (Å²) >= 11 is 0. The smallest absolute Gasteiger partial charge is 0.210 e. The monoisotopic (exact) mass is 348 g/mol. The lowest BCUT2D eigenvalue weighted by Gasteiger charge is -2.12. The van der Waals surface area contributed by atoms with Crippen LogP contribution in [0, 0.1) is 5.92 Å². The van der Waals surface area contributed by atoms with Crippen LogP contribution in [0.15, 0.2) is 54.9 Å². The minimum Gasteiger partial charge on any atom is -0.382 e. The van der Waals surface area contributed by atoms with Crippen molar-refractivity contribution in [1.29, 1.82) is 0 Å². The van der Waals surface area contributed by atoms with Crippen LogP contribution in [-0.4, -0.2) is 26.2 Å². The van der Waals surface area contributed by atoms with Gasteiger partial charge in [-0.2, -0.15) is 0 Å². The summed E-state index contributed by atoms with van der Waals surface area (Å²) in [6.45, 7) is 5.14. The topological polar surface area (TPSA) is 76.6 Å². The molecular weight excluding hydrogens is 326 g/mol. The zero-order valence-electron chi connectivity index (χ0n) is 14.8. The van der Waals surface area contributed by atoms with Crippen molar-refractivity contribution in [2.24, 2.45) is 5.92 Å². The Morgan fingerprint density at radius 1 is 1.19 bits per heavy atom. The largest absolute Gasteiger partial charge is 0.382 e. The van der Waals surface area contributed by atoms with Crippen molar-refractivity contribution in [3.63, 3.8) is 0 Å². The Labute approximate surface area is 151 Å². The van der Waals surface area contributed by atoms with Crippen molar-refractivity contribution in [3.05, 3.63) is 66.1 Å². The van der Waals surface area contributed by atoms with Gasteiger partial charge < -0.3 is 10.4 Å². The molecule has 0 radical (unpaired) electrons. The first kappa shape index (κ1) is 16.5. The first-order chi connectivity index (χ1) is 12.6. The minimum atomic E-state index is -0.803. The quantitative estimate of drug-likeness (QED) is 0.581. The zero-order valence-corrected chi connectivity index (χ0v) is 14.8. The minimum absolute atomic E-state index is 0.523. The molecule has 0 bridgehead atoms. The van der Waals surface area contributed by atoms with Crippen molar-refractivity contribution in [1.82, 2.24) is 14.6 Å². The van der Waals surface area contributed by atoms with Crippen LogP contribution >= 0.6 is 0 Å². The van der Waals surface area contributed by atoms with Crippen LogP contribution in [0.3, 0.4) is 0 Å². The van der Waals surface area contributed by atoms with Crippen LogP contribution in [0.5, 0.6) is 0 Å². The summed E-state index contributed by atoms with van der Waals surface area (Å²) in [6, 6.07) is 13.7. The second-order valence-electron chi connectivity index (χ2n) is 6.87. The Balaban J connectivity index is 1.70. The third-order valence-corrected chi connectivity index (χ3v) is 4.36.